The second kappa shape index (κ2) is 11.8. The fourth-order valence-corrected chi connectivity index (χ4v) is 1.15. The molecule has 1 N–H and O–H groups in total. The molecule has 0 saturated heterocycles. The fourth-order valence-electron chi connectivity index (χ4n) is 1.15. The summed E-state index contributed by atoms with van der Waals surface area (Å²) in [5.74, 6) is -0.176. The largest absolute Gasteiger partial charge is 0.351 e. The molecule has 0 fully saturated rings. The highest BCUT2D eigenvalue weighted by molar-refractivity contribution is 5.91. The summed E-state index contributed by atoms with van der Waals surface area (Å²) in [4.78, 5) is 19.0. The molecule has 2 aromatic rings. The summed E-state index contributed by atoms with van der Waals surface area (Å²) in [6.07, 6.45) is 3.05. The number of nitrogens with zero attached hydrogens (tertiary/aromatic N) is 2. The molecule has 108 valence electrons. The Morgan fingerprint density at radius 1 is 1.00 bits per heavy atom. The average molecular weight is 273 g/mol. The van der Waals surface area contributed by atoms with Crippen LogP contribution in [-0.4, -0.2) is 22.4 Å². The van der Waals surface area contributed by atoms with Crippen molar-refractivity contribution in [1.82, 2.24) is 15.3 Å². The van der Waals surface area contributed by atoms with E-state index in [2.05, 4.69) is 15.3 Å². The number of hydrogen-bond donors (Lipinski definition) is 1. The van der Waals surface area contributed by atoms with E-state index in [9.17, 15) is 4.79 Å². The van der Waals surface area contributed by atoms with Crippen LogP contribution in [0.15, 0.2) is 48.8 Å². The third-order valence-corrected chi connectivity index (χ3v) is 2.02. The van der Waals surface area contributed by atoms with E-state index in [1.807, 2.05) is 64.1 Å². The van der Waals surface area contributed by atoms with E-state index in [1.165, 1.54) is 6.20 Å². The SMILES string of the molecule is CC.CCNC(=O)c1cnc(C)cn1.c1ccccc1. The number of aromatic nitrogens is 2. The smallest absolute Gasteiger partial charge is 0.271 e. The second-order valence-corrected chi connectivity index (χ2v) is 3.56. The molecular weight excluding hydrogens is 250 g/mol. The van der Waals surface area contributed by atoms with E-state index < -0.39 is 0 Å². The first-order valence-electron chi connectivity index (χ1n) is 6.81. The first-order valence-corrected chi connectivity index (χ1v) is 6.81. The lowest BCUT2D eigenvalue weighted by molar-refractivity contribution is 0.0950. The van der Waals surface area contributed by atoms with Crippen molar-refractivity contribution in [2.24, 2.45) is 0 Å². The number of carbonyl (C=O) groups excluding carboxylic acids is 1. The molecule has 0 radical (unpaired) electrons. The molecule has 1 amide bonds. The lowest BCUT2D eigenvalue weighted by Gasteiger charge is -1.99. The van der Waals surface area contributed by atoms with Gasteiger partial charge in [0, 0.05) is 12.7 Å². The van der Waals surface area contributed by atoms with Gasteiger partial charge in [-0.25, -0.2) is 4.98 Å². The standard InChI is InChI=1S/C8H11N3O.C6H6.C2H6/c1-3-9-8(12)7-5-10-6(2)4-11-7;1-2-4-6-5-3-1;1-2/h4-5H,3H2,1-2H3,(H,9,12);1-6H;1-2H3. The van der Waals surface area contributed by atoms with Crippen LogP contribution in [0.2, 0.25) is 0 Å². The first kappa shape index (κ1) is 17.8. The van der Waals surface area contributed by atoms with Gasteiger partial charge in [0.25, 0.3) is 5.91 Å². The Labute approximate surface area is 121 Å². The van der Waals surface area contributed by atoms with Gasteiger partial charge in [0.1, 0.15) is 5.69 Å². The van der Waals surface area contributed by atoms with Crippen molar-refractivity contribution in [2.75, 3.05) is 6.54 Å². The normalized spacial score (nSPS) is 8.40. The molecule has 0 spiro atoms. The zero-order chi connectivity index (χ0) is 15.2. The van der Waals surface area contributed by atoms with Gasteiger partial charge in [-0.05, 0) is 13.8 Å². The number of aryl methyl sites for hydroxylation is 1. The lowest BCUT2D eigenvalue weighted by Crippen LogP contribution is -2.23. The zero-order valence-electron chi connectivity index (χ0n) is 12.6. The molecule has 0 unspecified atom stereocenters. The topological polar surface area (TPSA) is 54.9 Å². The minimum Gasteiger partial charge on any atom is -0.351 e. The Bertz CT molecular complexity index is 428. The maximum Gasteiger partial charge on any atom is 0.271 e. The third-order valence-electron chi connectivity index (χ3n) is 2.02. The maximum atomic E-state index is 11.1. The van der Waals surface area contributed by atoms with E-state index in [0.29, 0.717) is 12.2 Å². The summed E-state index contributed by atoms with van der Waals surface area (Å²) in [5.41, 5.74) is 1.17. The summed E-state index contributed by atoms with van der Waals surface area (Å²) in [6.45, 7) is 8.29. The van der Waals surface area contributed by atoms with Crippen LogP contribution in [0, 0.1) is 6.92 Å². The highest BCUT2D eigenvalue weighted by atomic mass is 16.1. The van der Waals surface area contributed by atoms with Gasteiger partial charge in [0.05, 0.1) is 11.9 Å². The molecule has 4 nitrogen and oxygen atoms in total. The number of rotatable bonds is 2. The van der Waals surface area contributed by atoms with E-state index in [-0.39, 0.29) is 5.91 Å². The Morgan fingerprint density at radius 2 is 1.50 bits per heavy atom. The van der Waals surface area contributed by atoms with E-state index >= 15 is 0 Å². The molecule has 1 aromatic heterocycles. The monoisotopic (exact) mass is 273 g/mol. The quantitative estimate of drug-likeness (QED) is 0.913. The van der Waals surface area contributed by atoms with E-state index in [4.69, 9.17) is 0 Å². The van der Waals surface area contributed by atoms with E-state index in [1.54, 1.807) is 6.20 Å². The first-order chi connectivity index (χ1) is 9.74. The summed E-state index contributed by atoms with van der Waals surface area (Å²) in [7, 11) is 0. The van der Waals surface area contributed by atoms with Crippen LogP contribution in [0.4, 0.5) is 0 Å². The average Bonchev–Trinajstić information content (AvgIpc) is 2.52. The van der Waals surface area contributed by atoms with Crippen molar-refractivity contribution >= 4 is 5.91 Å². The Balaban J connectivity index is 0.000000377. The molecule has 0 atom stereocenters. The zero-order valence-corrected chi connectivity index (χ0v) is 12.6. The highest BCUT2D eigenvalue weighted by Crippen LogP contribution is 1.92. The van der Waals surface area contributed by atoms with Crippen molar-refractivity contribution in [2.45, 2.75) is 27.7 Å². The van der Waals surface area contributed by atoms with Crippen LogP contribution in [0.5, 0.6) is 0 Å². The summed E-state index contributed by atoms with van der Waals surface area (Å²) < 4.78 is 0. The highest BCUT2D eigenvalue weighted by Gasteiger charge is 2.04. The van der Waals surface area contributed by atoms with Gasteiger partial charge in [0.2, 0.25) is 0 Å². The summed E-state index contributed by atoms with van der Waals surface area (Å²) in [5, 5.41) is 2.64. The Kier molecular flexibility index (Phi) is 10.5. The van der Waals surface area contributed by atoms with Crippen LogP contribution in [0.25, 0.3) is 0 Å². The van der Waals surface area contributed by atoms with Crippen molar-refractivity contribution in [1.29, 1.82) is 0 Å². The second-order valence-electron chi connectivity index (χ2n) is 3.56. The van der Waals surface area contributed by atoms with Crippen LogP contribution in [0.1, 0.15) is 37.0 Å². The van der Waals surface area contributed by atoms with Gasteiger partial charge in [-0.3, -0.25) is 9.78 Å². The van der Waals surface area contributed by atoms with Gasteiger partial charge in [0.15, 0.2) is 0 Å². The van der Waals surface area contributed by atoms with Crippen LogP contribution in [0.3, 0.4) is 0 Å². The van der Waals surface area contributed by atoms with Crippen LogP contribution >= 0.6 is 0 Å². The molecule has 20 heavy (non-hydrogen) atoms. The predicted molar refractivity (Wildman–Crippen MR) is 82.6 cm³/mol. The molecule has 1 heterocycles. The van der Waals surface area contributed by atoms with Crippen LogP contribution < -0.4 is 5.32 Å². The van der Waals surface area contributed by atoms with Gasteiger partial charge in [-0.2, -0.15) is 0 Å². The maximum absolute atomic E-state index is 11.1. The number of hydrogen-bond acceptors (Lipinski definition) is 3. The molecule has 0 bridgehead atoms. The molecule has 0 aliphatic carbocycles. The number of benzene rings is 1. The summed E-state index contributed by atoms with van der Waals surface area (Å²) in [6, 6.07) is 12.0. The van der Waals surface area contributed by atoms with Gasteiger partial charge in [-0.1, -0.05) is 50.2 Å². The fraction of sp³-hybridized carbons (Fsp3) is 0.312. The minimum absolute atomic E-state index is 0.176. The number of nitrogens with one attached hydrogen (secondary N) is 1. The predicted octanol–water partition coefficient (Wildman–Crippen LogP) is 3.25. The van der Waals surface area contributed by atoms with E-state index in [0.717, 1.165) is 5.69 Å². The number of carbonyl (C=O) groups is 1. The Hall–Kier alpha value is -2.23. The van der Waals surface area contributed by atoms with Crippen molar-refractivity contribution < 1.29 is 4.79 Å². The molecule has 2 rings (SSSR count). The Morgan fingerprint density at radius 3 is 1.85 bits per heavy atom. The molecule has 4 heteroatoms. The van der Waals surface area contributed by atoms with Gasteiger partial charge < -0.3 is 5.32 Å². The molecule has 0 aliphatic heterocycles. The van der Waals surface area contributed by atoms with Gasteiger partial charge in [-0.15, -0.1) is 0 Å². The van der Waals surface area contributed by atoms with Crippen molar-refractivity contribution in [3.05, 3.63) is 60.2 Å². The molecule has 0 saturated carbocycles. The number of amides is 1. The summed E-state index contributed by atoms with van der Waals surface area (Å²) >= 11 is 0. The molecule has 0 aliphatic rings. The third kappa shape index (κ3) is 7.97. The molecule has 1 aromatic carbocycles. The lowest BCUT2D eigenvalue weighted by atomic mass is 10.4. The molecular formula is C16H23N3O. The van der Waals surface area contributed by atoms with Gasteiger partial charge >= 0.3 is 0 Å². The van der Waals surface area contributed by atoms with Crippen molar-refractivity contribution in [3.63, 3.8) is 0 Å². The van der Waals surface area contributed by atoms with Crippen LogP contribution in [-0.2, 0) is 0 Å². The minimum atomic E-state index is -0.176. The van der Waals surface area contributed by atoms with Crippen molar-refractivity contribution in [3.8, 4) is 0 Å².